The van der Waals surface area contributed by atoms with E-state index in [1.54, 1.807) is 44.4 Å². The quantitative estimate of drug-likeness (QED) is 0.412. The lowest BCUT2D eigenvalue weighted by Gasteiger charge is -2.21. The minimum atomic E-state index is -0.366. The number of hydrazine groups is 1. The van der Waals surface area contributed by atoms with Gasteiger partial charge in [-0.25, -0.2) is 10.2 Å². The molecule has 178 valence electrons. The number of methoxy groups -OCH3 is 1. The lowest BCUT2D eigenvalue weighted by molar-refractivity contribution is 0.0526. The molecule has 0 amide bonds. The summed E-state index contributed by atoms with van der Waals surface area (Å²) in [6.45, 7) is 2.99. The third kappa shape index (κ3) is 5.59. The molecule has 1 aliphatic heterocycles. The van der Waals surface area contributed by atoms with Gasteiger partial charge in [0.15, 0.2) is 0 Å². The number of benzene rings is 3. The second-order valence-corrected chi connectivity index (χ2v) is 7.76. The lowest BCUT2D eigenvalue weighted by Crippen LogP contribution is -2.28. The fourth-order valence-electron chi connectivity index (χ4n) is 3.73. The van der Waals surface area contributed by atoms with E-state index in [-0.39, 0.29) is 23.9 Å². The predicted octanol–water partition coefficient (Wildman–Crippen LogP) is 3.75. The maximum atomic E-state index is 11.8. The molecular formula is C26H28N2O6. The number of ether oxygens (including phenoxy) is 4. The molecule has 0 saturated carbocycles. The second kappa shape index (κ2) is 10.9. The summed E-state index contributed by atoms with van der Waals surface area (Å²) in [6, 6.07) is 19.4. The summed E-state index contributed by atoms with van der Waals surface area (Å²) in [6.07, 6.45) is -0.275. The zero-order valence-corrected chi connectivity index (χ0v) is 19.1. The van der Waals surface area contributed by atoms with E-state index < -0.39 is 0 Å². The van der Waals surface area contributed by atoms with E-state index in [0.717, 1.165) is 11.3 Å². The maximum absolute atomic E-state index is 11.8. The van der Waals surface area contributed by atoms with Gasteiger partial charge in [-0.1, -0.05) is 12.1 Å². The van der Waals surface area contributed by atoms with Crippen molar-refractivity contribution in [2.45, 2.75) is 25.7 Å². The topological polar surface area (TPSA) is 98.3 Å². The van der Waals surface area contributed by atoms with Crippen LogP contribution in [-0.2, 0) is 11.3 Å². The Morgan fingerprint density at radius 2 is 1.82 bits per heavy atom. The van der Waals surface area contributed by atoms with Crippen molar-refractivity contribution in [1.29, 1.82) is 0 Å². The van der Waals surface area contributed by atoms with Crippen LogP contribution in [0.3, 0.4) is 0 Å². The zero-order chi connectivity index (χ0) is 23.9. The van der Waals surface area contributed by atoms with Crippen molar-refractivity contribution in [3.05, 3.63) is 83.4 Å². The number of aromatic hydroxyl groups is 1. The van der Waals surface area contributed by atoms with Crippen LogP contribution >= 0.6 is 0 Å². The lowest BCUT2D eigenvalue weighted by atomic mass is 10.0. The van der Waals surface area contributed by atoms with Gasteiger partial charge in [-0.15, -0.1) is 0 Å². The summed E-state index contributed by atoms with van der Waals surface area (Å²) in [5.74, 6) is 1.68. The Bertz CT molecular complexity index is 1120. The summed E-state index contributed by atoms with van der Waals surface area (Å²) >= 11 is 0. The number of nitrogens with one attached hydrogen (secondary N) is 2. The molecule has 4 rings (SSSR count). The molecule has 0 bridgehead atoms. The summed E-state index contributed by atoms with van der Waals surface area (Å²) in [7, 11) is 1.62. The molecule has 0 aromatic heterocycles. The molecule has 34 heavy (non-hydrogen) atoms. The molecule has 3 N–H and O–H groups in total. The number of hydrogen-bond acceptors (Lipinski definition) is 8. The van der Waals surface area contributed by atoms with E-state index in [1.807, 2.05) is 36.4 Å². The average molecular weight is 465 g/mol. The number of hydrogen-bond donors (Lipinski definition) is 3. The summed E-state index contributed by atoms with van der Waals surface area (Å²) < 4.78 is 22.2. The van der Waals surface area contributed by atoms with Gasteiger partial charge in [0.25, 0.3) is 0 Å². The molecule has 3 aromatic carbocycles. The molecule has 0 radical (unpaired) electrons. The van der Waals surface area contributed by atoms with Crippen LogP contribution in [-0.4, -0.2) is 37.4 Å². The van der Waals surface area contributed by atoms with Crippen LogP contribution in [0.5, 0.6) is 23.0 Å². The Morgan fingerprint density at radius 1 is 1.03 bits per heavy atom. The number of phenols is 1. The highest BCUT2D eigenvalue weighted by Crippen LogP contribution is 2.33. The fraction of sp³-hybridized carbons (Fsp3) is 0.269. The van der Waals surface area contributed by atoms with Gasteiger partial charge in [0.2, 0.25) is 0 Å². The van der Waals surface area contributed by atoms with E-state index in [4.69, 9.17) is 18.9 Å². The largest absolute Gasteiger partial charge is 0.507 e. The molecule has 8 nitrogen and oxygen atoms in total. The molecule has 1 aliphatic rings. The van der Waals surface area contributed by atoms with E-state index in [2.05, 4.69) is 10.9 Å². The van der Waals surface area contributed by atoms with Crippen molar-refractivity contribution in [1.82, 2.24) is 10.9 Å². The van der Waals surface area contributed by atoms with Crippen molar-refractivity contribution in [3.8, 4) is 23.0 Å². The fourth-order valence-corrected chi connectivity index (χ4v) is 3.73. The van der Waals surface area contributed by atoms with Crippen LogP contribution in [0.25, 0.3) is 0 Å². The van der Waals surface area contributed by atoms with Crippen LogP contribution < -0.4 is 25.1 Å². The molecule has 0 spiro atoms. The summed E-state index contributed by atoms with van der Waals surface area (Å²) in [5, 5.41) is 10.7. The number of phenolic OH excluding ortho intramolecular Hbond substituents is 1. The van der Waals surface area contributed by atoms with Crippen molar-refractivity contribution in [2.24, 2.45) is 0 Å². The number of rotatable bonds is 9. The second-order valence-electron chi connectivity index (χ2n) is 7.76. The molecule has 2 unspecified atom stereocenters. The van der Waals surface area contributed by atoms with Crippen molar-refractivity contribution < 1.29 is 28.8 Å². The monoisotopic (exact) mass is 464 g/mol. The Hall–Kier alpha value is -3.75. The molecule has 8 heteroatoms. The maximum Gasteiger partial charge on any atom is 0.338 e. The van der Waals surface area contributed by atoms with Gasteiger partial charge in [-0.3, -0.25) is 5.43 Å². The SMILES string of the molecule is CCOC(=O)c1ccc(OC2CNNC2c2ccc(OCc3cccc(OC)c3)cc2O)cc1. The van der Waals surface area contributed by atoms with Crippen LogP contribution in [0.1, 0.15) is 34.5 Å². The highest BCUT2D eigenvalue weighted by Gasteiger charge is 2.32. The van der Waals surface area contributed by atoms with E-state index in [9.17, 15) is 9.90 Å². The van der Waals surface area contributed by atoms with Crippen LogP contribution in [0.4, 0.5) is 0 Å². The third-order valence-electron chi connectivity index (χ3n) is 5.46. The molecular weight excluding hydrogens is 436 g/mol. The first-order valence-corrected chi connectivity index (χ1v) is 11.1. The van der Waals surface area contributed by atoms with Crippen LogP contribution in [0.2, 0.25) is 0 Å². The molecule has 2 atom stereocenters. The van der Waals surface area contributed by atoms with Gasteiger partial charge < -0.3 is 24.1 Å². The van der Waals surface area contributed by atoms with E-state index in [1.165, 1.54) is 0 Å². The third-order valence-corrected chi connectivity index (χ3v) is 5.46. The number of carbonyl (C=O) groups is 1. The van der Waals surface area contributed by atoms with Crippen LogP contribution in [0.15, 0.2) is 66.7 Å². The van der Waals surface area contributed by atoms with Crippen molar-refractivity contribution >= 4 is 5.97 Å². The van der Waals surface area contributed by atoms with Gasteiger partial charge in [0.1, 0.15) is 35.7 Å². The standard InChI is InChI=1S/C26H28N2O6/c1-3-32-26(30)18-7-9-19(10-8-18)34-24-15-27-28-25(24)22-12-11-21(14-23(22)29)33-16-17-5-4-6-20(13-17)31-2/h4-14,24-25,27-29H,3,15-16H2,1-2H3. The first-order valence-electron chi connectivity index (χ1n) is 11.1. The normalized spacial score (nSPS) is 17.2. The average Bonchev–Trinajstić information content (AvgIpc) is 3.31. The van der Waals surface area contributed by atoms with Gasteiger partial charge in [-0.2, -0.15) is 0 Å². The van der Waals surface area contributed by atoms with E-state index >= 15 is 0 Å². The highest BCUT2D eigenvalue weighted by molar-refractivity contribution is 5.89. The molecule has 1 saturated heterocycles. The van der Waals surface area contributed by atoms with E-state index in [0.29, 0.717) is 42.4 Å². The van der Waals surface area contributed by atoms with Gasteiger partial charge in [0, 0.05) is 18.2 Å². The Balaban J connectivity index is 1.40. The Morgan fingerprint density at radius 3 is 2.56 bits per heavy atom. The Kier molecular flexibility index (Phi) is 7.51. The smallest absolute Gasteiger partial charge is 0.338 e. The van der Waals surface area contributed by atoms with Crippen molar-refractivity contribution in [2.75, 3.05) is 20.3 Å². The van der Waals surface area contributed by atoms with Crippen LogP contribution in [0, 0.1) is 0 Å². The predicted molar refractivity (Wildman–Crippen MR) is 126 cm³/mol. The van der Waals surface area contributed by atoms with Gasteiger partial charge in [-0.05, 0) is 61.0 Å². The molecule has 1 heterocycles. The summed E-state index contributed by atoms with van der Waals surface area (Å²) in [5.41, 5.74) is 8.36. The first kappa shape index (κ1) is 23.4. The Labute approximate surface area is 198 Å². The highest BCUT2D eigenvalue weighted by atomic mass is 16.5. The molecule has 1 fully saturated rings. The number of carbonyl (C=O) groups excluding carboxylic acids is 1. The molecule has 3 aromatic rings. The summed E-state index contributed by atoms with van der Waals surface area (Å²) in [4.78, 5) is 11.8. The number of esters is 1. The van der Waals surface area contributed by atoms with Crippen molar-refractivity contribution in [3.63, 3.8) is 0 Å². The molecule has 0 aliphatic carbocycles. The van der Waals surface area contributed by atoms with Gasteiger partial charge in [0.05, 0.1) is 25.3 Å². The first-order chi connectivity index (χ1) is 16.6. The minimum Gasteiger partial charge on any atom is -0.507 e. The minimum absolute atomic E-state index is 0.107. The van der Waals surface area contributed by atoms with Gasteiger partial charge >= 0.3 is 5.97 Å². The zero-order valence-electron chi connectivity index (χ0n) is 19.1.